The second-order valence-corrected chi connectivity index (χ2v) is 3.43. The third kappa shape index (κ3) is 10.4. The normalized spacial score (nSPS) is 10.9. The molecular formula is C12H25LiN. The zero-order valence-corrected chi connectivity index (χ0v) is 9.26. The SMILES string of the molecule is [CH2]C=CCN(CC)CCCCCC.[LiH]. The van der Waals surface area contributed by atoms with Gasteiger partial charge in [-0.05, 0) is 26.4 Å². The van der Waals surface area contributed by atoms with Gasteiger partial charge in [0, 0.05) is 6.54 Å². The first-order valence-corrected chi connectivity index (χ1v) is 5.51. The Morgan fingerprint density at radius 2 is 1.86 bits per heavy atom. The third-order valence-corrected chi connectivity index (χ3v) is 2.31. The van der Waals surface area contributed by atoms with E-state index in [-0.39, 0.29) is 18.9 Å². The number of unbranched alkanes of at least 4 members (excludes halogenated alkanes) is 3. The van der Waals surface area contributed by atoms with E-state index in [2.05, 4.69) is 31.7 Å². The first kappa shape index (κ1) is 16.7. The summed E-state index contributed by atoms with van der Waals surface area (Å²) in [6, 6.07) is 0. The van der Waals surface area contributed by atoms with Gasteiger partial charge in [-0.1, -0.05) is 45.3 Å². The van der Waals surface area contributed by atoms with Crippen molar-refractivity contribution in [3.8, 4) is 0 Å². The molecule has 2 heteroatoms. The summed E-state index contributed by atoms with van der Waals surface area (Å²) in [5.41, 5.74) is 0. The molecule has 0 bridgehead atoms. The van der Waals surface area contributed by atoms with Crippen molar-refractivity contribution < 1.29 is 0 Å². The Balaban J connectivity index is 0. The van der Waals surface area contributed by atoms with Gasteiger partial charge in [0.1, 0.15) is 0 Å². The zero-order valence-electron chi connectivity index (χ0n) is 9.26. The summed E-state index contributed by atoms with van der Waals surface area (Å²) >= 11 is 0. The van der Waals surface area contributed by atoms with Crippen molar-refractivity contribution in [2.45, 2.75) is 39.5 Å². The fraction of sp³-hybridized carbons (Fsp3) is 0.750. The summed E-state index contributed by atoms with van der Waals surface area (Å²) in [6.45, 7) is 11.6. The van der Waals surface area contributed by atoms with Crippen LogP contribution in [0.1, 0.15) is 39.5 Å². The van der Waals surface area contributed by atoms with Crippen molar-refractivity contribution >= 4 is 18.9 Å². The Bertz CT molecular complexity index is 123. The monoisotopic (exact) mass is 190 g/mol. The van der Waals surface area contributed by atoms with Crippen LogP contribution in [0.15, 0.2) is 12.2 Å². The van der Waals surface area contributed by atoms with Crippen LogP contribution < -0.4 is 0 Å². The molecule has 0 saturated carbocycles. The van der Waals surface area contributed by atoms with Gasteiger partial charge in [0.05, 0.1) is 0 Å². The van der Waals surface area contributed by atoms with Gasteiger partial charge in [-0.15, -0.1) is 0 Å². The molecule has 0 N–H and O–H groups in total. The standard InChI is InChI=1S/C12H24N.Li.H/c1-4-7-9-10-12-13(6-3)11-8-5-2;;/h5,8H,2,4,6-7,9-12H2,1,3H3;;. The second kappa shape index (κ2) is 13.3. The molecule has 0 aliphatic carbocycles. The van der Waals surface area contributed by atoms with Crippen LogP contribution in [0, 0.1) is 6.92 Å². The minimum absolute atomic E-state index is 0. The maximum atomic E-state index is 3.69. The van der Waals surface area contributed by atoms with Crippen LogP contribution >= 0.6 is 0 Å². The summed E-state index contributed by atoms with van der Waals surface area (Å²) in [7, 11) is 0. The molecule has 14 heavy (non-hydrogen) atoms. The van der Waals surface area contributed by atoms with E-state index in [4.69, 9.17) is 0 Å². The molecule has 0 saturated heterocycles. The van der Waals surface area contributed by atoms with Crippen LogP contribution in [0.5, 0.6) is 0 Å². The van der Waals surface area contributed by atoms with Gasteiger partial charge in [-0.2, -0.15) is 0 Å². The second-order valence-electron chi connectivity index (χ2n) is 3.43. The molecule has 0 fully saturated rings. The van der Waals surface area contributed by atoms with Gasteiger partial charge < -0.3 is 0 Å². The summed E-state index contributed by atoms with van der Waals surface area (Å²) in [4.78, 5) is 2.46. The van der Waals surface area contributed by atoms with Crippen molar-refractivity contribution in [1.82, 2.24) is 4.90 Å². The number of likely N-dealkylation sites (N-methyl/N-ethyl adjacent to an activating group) is 1. The van der Waals surface area contributed by atoms with Gasteiger partial charge in [0.15, 0.2) is 0 Å². The third-order valence-electron chi connectivity index (χ3n) is 2.31. The van der Waals surface area contributed by atoms with Gasteiger partial charge in [-0.25, -0.2) is 0 Å². The molecular weight excluding hydrogens is 165 g/mol. The molecule has 0 spiro atoms. The molecule has 0 unspecified atom stereocenters. The van der Waals surface area contributed by atoms with E-state index >= 15 is 0 Å². The molecule has 0 aliphatic rings. The number of allylic oxidation sites excluding steroid dienone is 1. The minimum atomic E-state index is 0. The summed E-state index contributed by atoms with van der Waals surface area (Å²) in [5, 5.41) is 0. The molecule has 0 rings (SSSR count). The fourth-order valence-corrected chi connectivity index (χ4v) is 1.36. The Labute approximate surface area is 102 Å². The van der Waals surface area contributed by atoms with E-state index in [9.17, 15) is 0 Å². The first-order valence-electron chi connectivity index (χ1n) is 5.51. The quantitative estimate of drug-likeness (QED) is 0.420. The molecule has 79 valence electrons. The number of nitrogens with zero attached hydrogens (tertiary/aromatic N) is 1. The van der Waals surface area contributed by atoms with Gasteiger partial charge in [-0.3, -0.25) is 4.90 Å². The van der Waals surface area contributed by atoms with Crippen LogP contribution in [-0.2, 0) is 0 Å². The van der Waals surface area contributed by atoms with Crippen LogP contribution in [0.3, 0.4) is 0 Å². The molecule has 0 amide bonds. The van der Waals surface area contributed by atoms with Gasteiger partial charge >= 0.3 is 18.9 Å². The molecule has 1 radical (unpaired) electrons. The Morgan fingerprint density at radius 1 is 1.14 bits per heavy atom. The van der Waals surface area contributed by atoms with E-state index in [1.165, 1.54) is 32.2 Å². The van der Waals surface area contributed by atoms with Crippen molar-refractivity contribution in [1.29, 1.82) is 0 Å². The van der Waals surface area contributed by atoms with Crippen molar-refractivity contribution in [2.24, 2.45) is 0 Å². The molecule has 0 atom stereocenters. The maximum absolute atomic E-state index is 3.69. The van der Waals surface area contributed by atoms with Crippen LogP contribution in [0.25, 0.3) is 0 Å². The molecule has 0 aliphatic heterocycles. The first-order chi connectivity index (χ1) is 6.35. The van der Waals surface area contributed by atoms with E-state index in [0.29, 0.717) is 0 Å². The Kier molecular flexibility index (Phi) is 15.9. The number of rotatable bonds is 8. The molecule has 0 heterocycles. The topological polar surface area (TPSA) is 3.24 Å². The zero-order chi connectivity index (χ0) is 9.94. The van der Waals surface area contributed by atoms with Crippen molar-refractivity contribution in [3.63, 3.8) is 0 Å². The average molecular weight is 190 g/mol. The summed E-state index contributed by atoms with van der Waals surface area (Å²) < 4.78 is 0. The van der Waals surface area contributed by atoms with Gasteiger partial charge in [0.25, 0.3) is 0 Å². The van der Waals surface area contributed by atoms with E-state index < -0.39 is 0 Å². The van der Waals surface area contributed by atoms with Crippen molar-refractivity contribution in [3.05, 3.63) is 19.1 Å². The average Bonchev–Trinajstić information content (AvgIpc) is 2.17. The van der Waals surface area contributed by atoms with Gasteiger partial charge in [0.2, 0.25) is 0 Å². The number of hydrogen-bond donors (Lipinski definition) is 0. The van der Waals surface area contributed by atoms with Crippen LogP contribution in [0.4, 0.5) is 0 Å². The number of hydrogen-bond acceptors (Lipinski definition) is 1. The summed E-state index contributed by atoms with van der Waals surface area (Å²) in [6.07, 6.45) is 9.43. The molecule has 0 aromatic heterocycles. The molecule has 1 nitrogen and oxygen atoms in total. The van der Waals surface area contributed by atoms with E-state index in [0.717, 1.165) is 13.1 Å². The van der Waals surface area contributed by atoms with E-state index in [1.54, 1.807) is 0 Å². The predicted octanol–water partition coefficient (Wildman–Crippen LogP) is 2.63. The fourth-order valence-electron chi connectivity index (χ4n) is 1.36. The Morgan fingerprint density at radius 3 is 2.36 bits per heavy atom. The molecule has 0 aromatic rings. The Hall–Kier alpha value is 0.297. The van der Waals surface area contributed by atoms with Crippen LogP contribution in [-0.4, -0.2) is 43.4 Å². The molecule has 0 aromatic carbocycles. The van der Waals surface area contributed by atoms with E-state index in [1.807, 2.05) is 6.08 Å². The summed E-state index contributed by atoms with van der Waals surface area (Å²) in [5.74, 6) is 0. The van der Waals surface area contributed by atoms with Crippen LogP contribution in [0.2, 0.25) is 0 Å². The van der Waals surface area contributed by atoms with Crippen molar-refractivity contribution in [2.75, 3.05) is 19.6 Å². The predicted molar refractivity (Wildman–Crippen MR) is 67.9 cm³/mol.